The van der Waals surface area contributed by atoms with Crippen molar-refractivity contribution in [1.82, 2.24) is 5.32 Å². The summed E-state index contributed by atoms with van der Waals surface area (Å²) in [6.45, 7) is 0. The van der Waals surface area contributed by atoms with E-state index in [1.54, 1.807) is 18.1 Å². The van der Waals surface area contributed by atoms with Crippen molar-refractivity contribution in [2.24, 2.45) is 4.99 Å². The first-order valence-corrected chi connectivity index (χ1v) is 6.99. The lowest BCUT2D eigenvalue weighted by Gasteiger charge is -2.18. The monoisotopic (exact) mass is 283 g/mol. The van der Waals surface area contributed by atoms with E-state index in [9.17, 15) is 4.79 Å². The Morgan fingerprint density at radius 2 is 1.90 bits per heavy atom. The fraction of sp³-hybridized carbons (Fsp3) is 0.0667. The Labute approximate surface area is 121 Å². The number of carbonyl (C=O) groups excluding carboxylic acids is 1. The lowest BCUT2D eigenvalue weighted by Crippen LogP contribution is -2.23. The zero-order valence-corrected chi connectivity index (χ0v) is 11.4. The summed E-state index contributed by atoms with van der Waals surface area (Å²) in [5.41, 5.74) is 8.17. The number of fused-ring (bicyclic) bond motifs is 1. The molecule has 1 aliphatic rings. The summed E-state index contributed by atoms with van der Waals surface area (Å²) in [6.07, 6.45) is 2.45. The standard InChI is InChI=1S/C15H13N3OS/c16-10-1-3-11(4-2-10)20-12-5-6-13-14(7-12)17-9-18-15(13)8-19/h1-9,15H,16H2,(H,17,18). The molecule has 1 aliphatic heterocycles. The molecule has 1 heterocycles. The SMILES string of the molecule is Nc1ccc(Sc2ccc3c(c2)N=CNC3C=O)cc1. The molecule has 0 spiro atoms. The molecule has 0 aliphatic carbocycles. The van der Waals surface area contributed by atoms with Gasteiger partial charge in [-0.3, -0.25) is 0 Å². The summed E-state index contributed by atoms with van der Waals surface area (Å²) in [5, 5.41) is 2.92. The van der Waals surface area contributed by atoms with E-state index in [-0.39, 0.29) is 6.04 Å². The van der Waals surface area contributed by atoms with E-state index in [1.807, 2.05) is 42.5 Å². The van der Waals surface area contributed by atoms with Gasteiger partial charge in [0.2, 0.25) is 0 Å². The highest BCUT2D eigenvalue weighted by Gasteiger charge is 2.16. The number of carbonyl (C=O) groups is 1. The van der Waals surface area contributed by atoms with Crippen molar-refractivity contribution in [2.75, 3.05) is 5.73 Å². The number of nitrogens with one attached hydrogen (secondary N) is 1. The van der Waals surface area contributed by atoms with Gasteiger partial charge in [0.1, 0.15) is 12.3 Å². The Morgan fingerprint density at radius 3 is 2.65 bits per heavy atom. The molecule has 5 heteroatoms. The molecule has 100 valence electrons. The summed E-state index contributed by atoms with van der Waals surface area (Å²) in [5.74, 6) is 0. The Balaban J connectivity index is 1.87. The van der Waals surface area contributed by atoms with Gasteiger partial charge in [0.05, 0.1) is 12.0 Å². The van der Waals surface area contributed by atoms with Crippen molar-refractivity contribution in [2.45, 2.75) is 15.8 Å². The molecule has 0 radical (unpaired) electrons. The highest BCUT2D eigenvalue weighted by molar-refractivity contribution is 7.99. The van der Waals surface area contributed by atoms with Crippen molar-refractivity contribution in [3.8, 4) is 0 Å². The molecule has 0 aromatic heterocycles. The fourth-order valence-electron chi connectivity index (χ4n) is 2.02. The van der Waals surface area contributed by atoms with E-state index in [0.717, 1.165) is 33.0 Å². The molecule has 0 saturated carbocycles. The Morgan fingerprint density at radius 1 is 1.15 bits per heavy atom. The molecule has 3 rings (SSSR count). The maximum Gasteiger partial charge on any atom is 0.146 e. The number of nitrogens with two attached hydrogens (primary N) is 1. The minimum Gasteiger partial charge on any atom is -0.399 e. The van der Waals surface area contributed by atoms with Gasteiger partial charge in [0.25, 0.3) is 0 Å². The van der Waals surface area contributed by atoms with Crippen molar-refractivity contribution in [3.63, 3.8) is 0 Å². The lowest BCUT2D eigenvalue weighted by atomic mass is 10.1. The maximum atomic E-state index is 11.0. The first kappa shape index (κ1) is 12.7. The largest absolute Gasteiger partial charge is 0.399 e. The summed E-state index contributed by atoms with van der Waals surface area (Å²) >= 11 is 1.64. The molecule has 20 heavy (non-hydrogen) atoms. The van der Waals surface area contributed by atoms with Gasteiger partial charge in [-0.05, 0) is 36.4 Å². The third-order valence-electron chi connectivity index (χ3n) is 3.05. The molecule has 0 amide bonds. The Bertz CT molecular complexity index is 667. The van der Waals surface area contributed by atoms with Gasteiger partial charge in [0.15, 0.2) is 0 Å². The second-order valence-corrected chi connectivity index (χ2v) is 5.58. The maximum absolute atomic E-state index is 11.0. The number of anilines is 1. The summed E-state index contributed by atoms with van der Waals surface area (Å²) in [7, 11) is 0. The first-order chi connectivity index (χ1) is 9.76. The highest BCUT2D eigenvalue weighted by Crippen LogP contribution is 2.35. The molecular formula is C15H13N3OS. The smallest absolute Gasteiger partial charge is 0.146 e. The van der Waals surface area contributed by atoms with Gasteiger partial charge in [-0.2, -0.15) is 0 Å². The quantitative estimate of drug-likeness (QED) is 0.671. The van der Waals surface area contributed by atoms with Crippen LogP contribution in [0.5, 0.6) is 0 Å². The van der Waals surface area contributed by atoms with Crippen LogP contribution in [0.2, 0.25) is 0 Å². The number of nitrogen functional groups attached to an aromatic ring is 1. The van der Waals surface area contributed by atoms with Gasteiger partial charge in [-0.25, -0.2) is 4.99 Å². The van der Waals surface area contributed by atoms with Gasteiger partial charge < -0.3 is 15.8 Å². The number of nitrogens with zero attached hydrogens (tertiary/aromatic N) is 1. The van der Waals surface area contributed by atoms with Gasteiger partial charge in [-0.1, -0.05) is 17.8 Å². The zero-order chi connectivity index (χ0) is 13.9. The predicted molar refractivity (Wildman–Crippen MR) is 81.5 cm³/mol. The second kappa shape index (κ2) is 5.38. The van der Waals surface area contributed by atoms with Gasteiger partial charge in [0, 0.05) is 21.0 Å². The molecule has 1 unspecified atom stereocenters. The fourth-order valence-corrected chi connectivity index (χ4v) is 2.87. The number of benzene rings is 2. The predicted octanol–water partition coefficient (Wildman–Crippen LogP) is 2.92. The molecule has 4 nitrogen and oxygen atoms in total. The third-order valence-corrected chi connectivity index (χ3v) is 4.04. The minimum absolute atomic E-state index is 0.307. The molecule has 0 fully saturated rings. The summed E-state index contributed by atoms with van der Waals surface area (Å²) in [6, 6.07) is 13.4. The number of rotatable bonds is 3. The van der Waals surface area contributed by atoms with E-state index in [1.165, 1.54) is 0 Å². The van der Waals surface area contributed by atoms with Crippen molar-refractivity contribution < 1.29 is 4.79 Å². The van der Waals surface area contributed by atoms with Crippen LogP contribution in [0, 0.1) is 0 Å². The summed E-state index contributed by atoms with van der Waals surface area (Å²) < 4.78 is 0. The molecule has 3 N–H and O–H groups in total. The van der Waals surface area contributed by atoms with Crippen molar-refractivity contribution >= 4 is 35.8 Å². The molecule has 2 aromatic rings. The van der Waals surface area contributed by atoms with E-state index >= 15 is 0 Å². The number of aldehydes is 1. The normalized spacial score (nSPS) is 16.3. The lowest BCUT2D eigenvalue weighted by molar-refractivity contribution is -0.109. The van der Waals surface area contributed by atoms with Crippen LogP contribution >= 0.6 is 11.8 Å². The Kier molecular flexibility index (Phi) is 3.43. The highest BCUT2D eigenvalue weighted by atomic mass is 32.2. The van der Waals surface area contributed by atoms with E-state index < -0.39 is 0 Å². The van der Waals surface area contributed by atoms with Crippen molar-refractivity contribution in [1.29, 1.82) is 0 Å². The first-order valence-electron chi connectivity index (χ1n) is 6.17. The molecular weight excluding hydrogens is 270 g/mol. The zero-order valence-electron chi connectivity index (χ0n) is 10.6. The van der Waals surface area contributed by atoms with E-state index in [4.69, 9.17) is 5.73 Å². The van der Waals surface area contributed by atoms with E-state index in [2.05, 4.69) is 10.3 Å². The third kappa shape index (κ3) is 2.53. The number of aliphatic imine (C=N–C) groups is 1. The molecule has 2 aromatic carbocycles. The van der Waals surface area contributed by atoms with Crippen LogP contribution in [0.15, 0.2) is 57.2 Å². The van der Waals surface area contributed by atoms with Crippen LogP contribution in [0.3, 0.4) is 0 Å². The molecule has 0 saturated heterocycles. The molecule has 0 bridgehead atoms. The average molecular weight is 283 g/mol. The second-order valence-electron chi connectivity index (χ2n) is 4.43. The topological polar surface area (TPSA) is 67.5 Å². The van der Waals surface area contributed by atoms with Gasteiger partial charge >= 0.3 is 0 Å². The van der Waals surface area contributed by atoms with Crippen LogP contribution in [0.1, 0.15) is 11.6 Å². The van der Waals surface area contributed by atoms with E-state index in [0.29, 0.717) is 0 Å². The van der Waals surface area contributed by atoms with Gasteiger partial charge in [-0.15, -0.1) is 0 Å². The molecule has 1 atom stereocenters. The summed E-state index contributed by atoms with van der Waals surface area (Å²) in [4.78, 5) is 17.5. The average Bonchev–Trinajstić information content (AvgIpc) is 2.49. The van der Waals surface area contributed by atoms with Crippen LogP contribution in [0.25, 0.3) is 0 Å². The Hall–Kier alpha value is -2.27. The van der Waals surface area contributed by atoms with Crippen LogP contribution in [0.4, 0.5) is 11.4 Å². The van der Waals surface area contributed by atoms with Crippen molar-refractivity contribution in [3.05, 3.63) is 48.0 Å². The number of hydrogen-bond donors (Lipinski definition) is 2. The number of hydrogen-bond acceptors (Lipinski definition) is 5. The minimum atomic E-state index is -0.307. The van der Waals surface area contributed by atoms with Crippen LogP contribution < -0.4 is 11.1 Å². The van der Waals surface area contributed by atoms with Crippen LogP contribution in [-0.4, -0.2) is 12.6 Å². The van der Waals surface area contributed by atoms with Crippen LogP contribution in [-0.2, 0) is 4.79 Å².